The van der Waals surface area contributed by atoms with Crippen molar-refractivity contribution in [3.8, 4) is 11.8 Å². The van der Waals surface area contributed by atoms with Gasteiger partial charge in [-0.3, -0.25) is 9.98 Å². The molecule has 0 bridgehead atoms. The lowest BCUT2D eigenvalue weighted by atomic mass is 10.1. The molecule has 0 spiro atoms. The summed E-state index contributed by atoms with van der Waals surface area (Å²) < 4.78 is 0. The lowest BCUT2D eigenvalue weighted by Gasteiger charge is -1.96. The summed E-state index contributed by atoms with van der Waals surface area (Å²) >= 11 is 0. The Morgan fingerprint density at radius 1 is 0.433 bits per heavy atom. The number of nitrogens with zero attached hydrogens (tertiary/aromatic N) is 2. The molecule has 4 rings (SSSR count). The molecule has 0 aliphatic rings. The van der Waals surface area contributed by atoms with Gasteiger partial charge in [0.2, 0.25) is 0 Å². The predicted octanol–water partition coefficient (Wildman–Crippen LogP) is 6.59. The smallest absolute Gasteiger partial charge is 0.0630 e. The molecule has 0 unspecified atom stereocenters. The number of benzene rings is 4. The fourth-order valence-corrected chi connectivity index (χ4v) is 2.78. The highest BCUT2D eigenvalue weighted by molar-refractivity contribution is 5.82. The molecule has 142 valence electrons. The van der Waals surface area contributed by atoms with Gasteiger partial charge in [-0.15, -0.1) is 0 Å². The molecule has 0 fully saturated rings. The lowest BCUT2D eigenvalue weighted by Crippen LogP contribution is -1.79. The second-order valence-electron chi connectivity index (χ2n) is 6.68. The Morgan fingerprint density at radius 2 is 0.800 bits per heavy atom. The SMILES string of the molecule is C(#Cc1ccc(N=Cc2ccccc2)cc1)c1ccc(N=Cc2ccccc2)cc1. The predicted molar refractivity (Wildman–Crippen MR) is 126 cm³/mol. The van der Waals surface area contributed by atoms with Crippen LogP contribution < -0.4 is 0 Å². The average Bonchev–Trinajstić information content (AvgIpc) is 2.83. The van der Waals surface area contributed by atoms with Crippen LogP contribution in [0.3, 0.4) is 0 Å². The second kappa shape index (κ2) is 9.82. The van der Waals surface area contributed by atoms with Gasteiger partial charge in [0, 0.05) is 23.6 Å². The molecule has 0 aromatic heterocycles. The topological polar surface area (TPSA) is 24.7 Å². The summed E-state index contributed by atoms with van der Waals surface area (Å²) in [5.74, 6) is 6.40. The highest BCUT2D eigenvalue weighted by Gasteiger charge is 1.93. The molecule has 2 nitrogen and oxygen atoms in total. The fourth-order valence-electron chi connectivity index (χ4n) is 2.78. The van der Waals surface area contributed by atoms with E-state index >= 15 is 0 Å². The highest BCUT2D eigenvalue weighted by atomic mass is 14.7. The summed E-state index contributed by atoms with van der Waals surface area (Å²) in [6.45, 7) is 0. The number of aliphatic imine (C=N–C) groups is 2. The minimum absolute atomic E-state index is 0.907. The first kappa shape index (κ1) is 19.1. The molecular formula is C28H20N2. The van der Waals surface area contributed by atoms with Crippen LogP contribution in [0.25, 0.3) is 0 Å². The van der Waals surface area contributed by atoms with Crippen molar-refractivity contribution in [2.75, 3.05) is 0 Å². The van der Waals surface area contributed by atoms with Crippen LogP contribution in [0, 0.1) is 11.8 Å². The molecule has 0 saturated carbocycles. The van der Waals surface area contributed by atoms with Gasteiger partial charge in [-0.25, -0.2) is 0 Å². The zero-order chi connectivity index (χ0) is 20.4. The van der Waals surface area contributed by atoms with Gasteiger partial charge in [-0.05, 0) is 59.7 Å². The van der Waals surface area contributed by atoms with Gasteiger partial charge in [0.15, 0.2) is 0 Å². The molecule has 4 aromatic carbocycles. The summed E-state index contributed by atoms with van der Waals surface area (Å²) in [7, 11) is 0. The maximum atomic E-state index is 4.50. The first-order valence-electron chi connectivity index (χ1n) is 9.76. The Morgan fingerprint density at radius 3 is 1.17 bits per heavy atom. The van der Waals surface area contributed by atoms with Crippen molar-refractivity contribution in [2.45, 2.75) is 0 Å². The Bertz CT molecular complexity index is 1100. The van der Waals surface area contributed by atoms with E-state index in [0.717, 1.165) is 33.6 Å². The van der Waals surface area contributed by atoms with E-state index < -0.39 is 0 Å². The molecule has 0 atom stereocenters. The van der Waals surface area contributed by atoms with Gasteiger partial charge >= 0.3 is 0 Å². The fraction of sp³-hybridized carbons (Fsp3) is 0. The van der Waals surface area contributed by atoms with Crippen molar-refractivity contribution in [1.29, 1.82) is 0 Å². The zero-order valence-electron chi connectivity index (χ0n) is 16.4. The third kappa shape index (κ3) is 5.64. The molecule has 0 saturated heterocycles. The summed E-state index contributed by atoms with van der Waals surface area (Å²) in [4.78, 5) is 9.00. The van der Waals surface area contributed by atoms with Crippen LogP contribution in [-0.2, 0) is 0 Å². The van der Waals surface area contributed by atoms with Crippen LogP contribution in [0.5, 0.6) is 0 Å². The van der Waals surface area contributed by atoms with Gasteiger partial charge in [0.1, 0.15) is 0 Å². The van der Waals surface area contributed by atoms with Crippen LogP contribution >= 0.6 is 0 Å². The Labute approximate surface area is 177 Å². The van der Waals surface area contributed by atoms with Crippen molar-refractivity contribution in [3.05, 3.63) is 131 Å². The minimum Gasteiger partial charge on any atom is -0.256 e. The highest BCUT2D eigenvalue weighted by Crippen LogP contribution is 2.14. The van der Waals surface area contributed by atoms with E-state index in [9.17, 15) is 0 Å². The number of rotatable bonds is 4. The van der Waals surface area contributed by atoms with Gasteiger partial charge in [0.25, 0.3) is 0 Å². The van der Waals surface area contributed by atoms with E-state index in [2.05, 4.69) is 21.8 Å². The molecule has 30 heavy (non-hydrogen) atoms. The largest absolute Gasteiger partial charge is 0.256 e. The minimum atomic E-state index is 0.907. The normalized spacial score (nSPS) is 10.8. The average molecular weight is 384 g/mol. The Hall–Kier alpha value is -4.22. The third-order valence-electron chi connectivity index (χ3n) is 4.41. The first-order chi connectivity index (χ1) is 14.8. The van der Waals surface area contributed by atoms with Crippen molar-refractivity contribution < 1.29 is 0 Å². The van der Waals surface area contributed by atoms with E-state index in [1.807, 2.05) is 122 Å². The van der Waals surface area contributed by atoms with Crippen LogP contribution in [0.2, 0.25) is 0 Å². The quantitative estimate of drug-likeness (QED) is 0.280. The Balaban J connectivity index is 1.38. The van der Waals surface area contributed by atoms with E-state index in [4.69, 9.17) is 0 Å². The monoisotopic (exact) mass is 384 g/mol. The van der Waals surface area contributed by atoms with Crippen LogP contribution in [-0.4, -0.2) is 12.4 Å². The summed E-state index contributed by atoms with van der Waals surface area (Å²) in [5.41, 5.74) is 5.89. The molecule has 0 amide bonds. The summed E-state index contributed by atoms with van der Waals surface area (Å²) in [5, 5.41) is 0. The van der Waals surface area contributed by atoms with Crippen molar-refractivity contribution in [2.24, 2.45) is 9.98 Å². The first-order valence-corrected chi connectivity index (χ1v) is 9.76. The molecule has 0 aliphatic carbocycles. The molecule has 4 aromatic rings. The van der Waals surface area contributed by atoms with Crippen molar-refractivity contribution in [3.63, 3.8) is 0 Å². The molecule has 0 N–H and O–H groups in total. The molecule has 0 radical (unpaired) electrons. The lowest BCUT2D eigenvalue weighted by molar-refractivity contribution is 1.50. The standard InChI is InChI=1S/C28H20N2/c1-3-7-25(8-4-1)21-29-27-17-13-23(14-18-27)11-12-24-15-19-28(20-16-24)30-22-26-9-5-2-6-10-26/h1-10,13-22H. The van der Waals surface area contributed by atoms with Crippen LogP contribution in [0.15, 0.2) is 119 Å². The maximum Gasteiger partial charge on any atom is 0.0630 e. The van der Waals surface area contributed by atoms with E-state index in [0.29, 0.717) is 0 Å². The van der Waals surface area contributed by atoms with Gasteiger partial charge in [-0.1, -0.05) is 72.5 Å². The van der Waals surface area contributed by atoms with Crippen molar-refractivity contribution >= 4 is 23.8 Å². The molecular weight excluding hydrogens is 364 g/mol. The zero-order valence-corrected chi connectivity index (χ0v) is 16.4. The van der Waals surface area contributed by atoms with Crippen LogP contribution in [0.1, 0.15) is 22.3 Å². The van der Waals surface area contributed by atoms with E-state index in [1.54, 1.807) is 0 Å². The molecule has 0 aliphatic heterocycles. The van der Waals surface area contributed by atoms with Gasteiger partial charge in [0.05, 0.1) is 11.4 Å². The molecule has 2 heteroatoms. The van der Waals surface area contributed by atoms with Gasteiger partial charge < -0.3 is 0 Å². The van der Waals surface area contributed by atoms with Gasteiger partial charge in [-0.2, -0.15) is 0 Å². The summed E-state index contributed by atoms with van der Waals surface area (Å²) in [6.07, 6.45) is 3.73. The number of hydrogen-bond donors (Lipinski definition) is 0. The van der Waals surface area contributed by atoms with E-state index in [1.165, 1.54) is 0 Å². The number of hydrogen-bond acceptors (Lipinski definition) is 2. The van der Waals surface area contributed by atoms with E-state index in [-0.39, 0.29) is 0 Å². The summed E-state index contributed by atoms with van der Waals surface area (Å²) in [6, 6.07) is 36.0. The molecule has 0 heterocycles. The maximum absolute atomic E-state index is 4.50. The third-order valence-corrected chi connectivity index (χ3v) is 4.41. The van der Waals surface area contributed by atoms with Crippen molar-refractivity contribution in [1.82, 2.24) is 0 Å². The van der Waals surface area contributed by atoms with Crippen LogP contribution in [0.4, 0.5) is 11.4 Å². The second-order valence-corrected chi connectivity index (χ2v) is 6.68. The Kier molecular flexibility index (Phi) is 6.25.